The average molecular weight is 282 g/mol. The third-order valence-electron chi connectivity index (χ3n) is 2.87. The molecule has 0 fully saturated rings. The average Bonchev–Trinajstić information content (AvgIpc) is 2.39. The molecule has 2 unspecified atom stereocenters. The topological polar surface area (TPSA) is 75.4 Å². The number of carbonyl (C=O) groups is 1. The zero-order chi connectivity index (χ0) is 14.3. The van der Waals surface area contributed by atoms with Crippen molar-refractivity contribution in [2.24, 2.45) is 5.73 Å². The van der Waals surface area contributed by atoms with Gasteiger partial charge in [0.15, 0.2) is 0 Å². The van der Waals surface area contributed by atoms with Crippen molar-refractivity contribution in [3.8, 4) is 5.75 Å². The zero-order valence-electron chi connectivity index (χ0n) is 11.4. The van der Waals surface area contributed by atoms with E-state index >= 15 is 0 Å². The van der Waals surface area contributed by atoms with Gasteiger partial charge in [0, 0.05) is 6.04 Å². The van der Waals surface area contributed by atoms with Crippen molar-refractivity contribution in [2.75, 3.05) is 12.0 Å². The number of hydrogen-bond acceptors (Lipinski definition) is 4. The Morgan fingerprint density at radius 2 is 2.05 bits per heavy atom. The Morgan fingerprint density at radius 3 is 2.63 bits per heavy atom. The molecule has 0 aromatic heterocycles. The molecular formula is C14H22N2O2S. The lowest BCUT2D eigenvalue weighted by Crippen LogP contribution is -2.45. The fourth-order valence-electron chi connectivity index (χ4n) is 1.70. The highest BCUT2D eigenvalue weighted by molar-refractivity contribution is 7.98. The Morgan fingerprint density at radius 1 is 1.42 bits per heavy atom. The van der Waals surface area contributed by atoms with Crippen molar-refractivity contribution in [3.05, 3.63) is 29.8 Å². The van der Waals surface area contributed by atoms with E-state index in [2.05, 4.69) is 5.32 Å². The molecule has 106 valence electrons. The summed E-state index contributed by atoms with van der Waals surface area (Å²) in [6.07, 6.45) is 3.46. The third kappa shape index (κ3) is 5.98. The smallest absolute Gasteiger partial charge is 0.237 e. The summed E-state index contributed by atoms with van der Waals surface area (Å²) < 4.78 is 0. The summed E-state index contributed by atoms with van der Waals surface area (Å²) in [4.78, 5) is 11.9. The molecule has 5 heteroatoms. The third-order valence-corrected chi connectivity index (χ3v) is 3.52. The van der Waals surface area contributed by atoms with Gasteiger partial charge in [-0.25, -0.2) is 0 Å². The highest BCUT2D eigenvalue weighted by atomic mass is 32.2. The molecule has 1 aromatic carbocycles. The Balaban J connectivity index is 2.42. The van der Waals surface area contributed by atoms with Gasteiger partial charge in [-0.05, 0) is 49.5 Å². The van der Waals surface area contributed by atoms with Gasteiger partial charge in [0.25, 0.3) is 0 Å². The normalized spacial score (nSPS) is 13.8. The molecule has 0 aliphatic carbocycles. The molecule has 2 atom stereocenters. The Bertz CT molecular complexity index is 395. The number of hydrogen-bond donors (Lipinski definition) is 3. The predicted octanol–water partition coefficient (Wildman–Crippen LogP) is 1.52. The second-order valence-corrected chi connectivity index (χ2v) is 5.65. The van der Waals surface area contributed by atoms with Crippen LogP contribution in [0.4, 0.5) is 0 Å². The number of rotatable bonds is 7. The minimum absolute atomic E-state index is 0.123. The number of nitrogens with one attached hydrogen (secondary N) is 1. The van der Waals surface area contributed by atoms with E-state index in [1.165, 1.54) is 0 Å². The first-order valence-electron chi connectivity index (χ1n) is 6.35. The summed E-state index contributed by atoms with van der Waals surface area (Å²) in [7, 11) is 0. The van der Waals surface area contributed by atoms with E-state index in [4.69, 9.17) is 5.73 Å². The first-order chi connectivity index (χ1) is 9.02. The van der Waals surface area contributed by atoms with E-state index in [9.17, 15) is 9.90 Å². The van der Waals surface area contributed by atoms with Crippen LogP contribution in [0.2, 0.25) is 0 Å². The van der Waals surface area contributed by atoms with Gasteiger partial charge in [0.05, 0.1) is 6.04 Å². The quantitative estimate of drug-likeness (QED) is 0.709. The van der Waals surface area contributed by atoms with Crippen molar-refractivity contribution in [3.63, 3.8) is 0 Å². The SMILES string of the molecule is CSCCC(C)NC(=O)C(N)Cc1ccc(O)cc1. The van der Waals surface area contributed by atoms with Crippen molar-refractivity contribution >= 4 is 17.7 Å². The van der Waals surface area contributed by atoms with Crippen LogP contribution in [0.5, 0.6) is 5.75 Å². The standard InChI is InChI=1S/C14H22N2O2S/c1-10(7-8-19-2)16-14(18)13(15)9-11-3-5-12(17)6-4-11/h3-6,10,13,17H,7-9,15H2,1-2H3,(H,16,18). The Labute approximate surface area is 118 Å². The van der Waals surface area contributed by atoms with Crippen LogP contribution in [0.25, 0.3) is 0 Å². The van der Waals surface area contributed by atoms with Crippen molar-refractivity contribution < 1.29 is 9.90 Å². The molecule has 0 radical (unpaired) electrons. The van der Waals surface area contributed by atoms with E-state index in [1.54, 1.807) is 36.0 Å². The number of nitrogens with two attached hydrogens (primary N) is 1. The van der Waals surface area contributed by atoms with Crippen LogP contribution >= 0.6 is 11.8 Å². The van der Waals surface area contributed by atoms with Crippen LogP contribution in [-0.4, -0.2) is 35.1 Å². The number of phenolic OH excluding ortho intramolecular Hbond substituents is 1. The van der Waals surface area contributed by atoms with E-state index in [-0.39, 0.29) is 17.7 Å². The molecule has 0 spiro atoms. The molecule has 1 aromatic rings. The minimum Gasteiger partial charge on any atom is -0.508 e. The number of amides is 1. The molecule has 0 aliphatic rings. The van der Waals surface area contributed by atoms with Gasteiger partial charge in [-0.15, -0.1) is 0 Å². The molecule has 19 heavy (non-hydrogen) atoms. The van der Waals surface area contributed by atoms with E-state index in [0.717, 1.165) is 17.7 Å². The summed E-state index contributed by atoms with van der Waals surface area (Å²) in [6, 6.07) is 6.34. The van der Waals surface area contributed by atoms with Crippen LogP contribution in [0.3, 0.4) is 0 Å². The fourth-order valence-corrected chi connectivity index (χ4v) is 2.28. The van der Waals surface area contributed by atoms with Crippen LogP contribution < -0.4 is 11.1 Å². The molecule has 1 rings (SSSR count). The van der Waals surface area contributed by atoms with Gasteiger partial charge in [-0.3, -0.25) is 4.79 Å². The Hall–Kier alpha value is -1.20. The van der Waals surface area contributed by atoms with Crippen molar-refractivity contribution in [2.45, 2.75) is 31.8 Å². The number of phenols is 1. The maximum atomic E-state index is 11.9. The lowest BCUT2D eigenvalue weighted by atomic mass is 10.1. The molecule has 4 nitrogen and oxygen atoms in total. The summed E-state index contributed by atoms with van der Waals surface area (Å²) in [5.74, 6) is 1.11. The number of benzene rings is 1. The van der Waals surface area contributed by atoms with Crippen molar-refractivity contribution in [1.29, 1.82) is 0 Å². The van der Waals surface area contributed by atoms with Gasteiger partial charge < -0.3 is 16.2 Å². The maximum absolute atomic E-state index is 11.9. The highest BCUT2D eigenvalue weighted by Crippen LogP contribution is 2.11. The molecule has 4 N–H and O–H groups in total. The maximum Gasteiger partial charge on any atom is 0.237 e. The summed E-state index contributed by atoms with van der Waals surface area (Å²) in [5, 5.41) is 12.1. The van der Waals surface area contributed by atoms with Crippen LogP contribution in [0.15, 0.2) is 24.3 Å². The highest BCUT2D eigenvalue weighted by Gasteiger charge is 2.16. The van der Waals surface area contributed by atoms with Gasteiger partial charge in [-0.1, -0.05) is 12.1 Å². The molecule has 0 aliphatic heterocycles. The molecule has 0 bridgehead atoms. The van der Waals surface area contributed by atoms with Gasteiger partial charge in [0.2, 0.25) is 5.91 Å². The molecule has 0 saturated carbocycles. The lowest BCUT2D eigenvalue weighted by molar-refractivity contribution is -0.122. The molecular weight excluding hydrogens is 260 g/mol. The van der Waals surface area contributed by atoms with E-state index in [1.807, 2.05) is 13.2 Å². The van der Waals surface area contributed by atoms with E-state index < -0.39 is 6.04 Å². The molecule has 1 amide bonds. The predicted molar refractivity (Wildman–Crippen MR) is 80.4 cm³/mol. The largest absolute Gasteiger partial charge is 0.508 e. The monoisotopic (exact) mass is 282 g/mol. The first-order valence-corrected chi connectivity index (χ1v) is 7.75. The van der Waals surface area contributed by atoms with Gasteiger partial charge in [0.1, 0.15) is 5.75 Å². The first kappa shape index (κ1) is 15.9. The number of carbonyl (C=O) groups excluding carboxylic acids is 1. The van der Waals surface area contributed by atoms with E-state index in [0.29, 0.717) is 6.42 Å². The molecule has 0 saturated heterocycles. The fraction of sp³-hybridized carbons (Fsp3) is 0.500. The molecule has 0 heterocycles. The zero-order valence-corrected chi connectivity index (χ0v) is 12.2. The van der Waals surface area contributed by atoms with Gasteiger partial charge in [-0.2, -0.15) is 11.8 Å². The summed E-state index contributed by atoms with van der Waals surface area (Å²) in [5.41, 5.74) is 6.83. The summed E-state index contributed by atoms with van der Waals surface area (Å²) in [6.45, 7) is 1.99. The van der Waals surface area contributed by atoms with Crippen molar-refractivity contribution in [1.82, 2.24) is 5.32 Å². The van der Waals surface area contributed by atoms with Crippen LogP contribution in [-0.2, 0) is 11.2 Å². The van der Waals surface area contributed by atoms with Gasteiger partial charge >= 0.3 is 0 Å². The second-order valence-electron chi connectivity index (χ2n) is 4.67. The second kappa shape index (κ2) is 8.07. The number of aromatic hydroxyl groups is 1. The summed E-state index contributed by atoms with van der Waals surface area (Å²) >= 11 is 1.76. The minimum atomic E-state index is -0.554. The Kier molecular flexibility index (Phi) is 6.73. The van der Waals surface area contributed by atoms with Crippen LogP contribution in [0, 0.1) is 0 Å². The lowest BCUT2D eigenvalue weighted by Gasteiger charge is -2.17. The number of thioether (sulfide) groups is 1. The van der Waals surface area contributed by atoms with Crippen LogP contribution in [0.1, 0.15) is 18.9 Å².